The molecule has 0 radical (unpaired) electrons. The Morgan fingerprint density at radius 2 is 1.78 bits per heavy atom. The number of nitrogens with zero attached hydrogens (tertiary/aromatic N) is 1. The number of benzene rings is 2. The zero-order valence-electron chi connectivity index (χ0n) is 12.2. The van der Waals surface area contributed by atoms with E-state index in [-0.39, 0.29) is 5.57 Å². The van der Waals surface area contributed by atoms with Gasteiger partial charge in [-0.2, -0.15) is 0 Å². The summed E-state index contributed by atoms with van der Waals surface area (Å²) < 4.78 is 5.23. The summed E-state index contributed by atoms with van der Waals surface area (Å²) in [6, 6.07) is 13.8. The first-order valence-electron chi connectivity index (χ1n) is 6.86. The third kappa shape index (κ3) is 2.91. The predicted octanol–water partition coefficient (Wildman–Crippen LogP) is 2.81. The molecule has 1 saturated heterocycles. The summed E-state index contributed by atoms with van der Waals surface area (Å²) in [5, 5.41) is 1.75. The van der Waals surface area contributed by atoms with Crippen LogP contribution in [0.15, 0.2) is 54.1 Å². The van der Waals surface area contributed by atoms with Gasteiger partial charge in [-0.25, -0.2) is 5.01 Å². The maximum atomic E-state index is 12.5. The number of ether oxygens (including phenoxy) is 1. The van der Waals surface area contributed by atoms with E-state index in [1.54, 1.807) is 36.4 Å². The first-order valence-corrected chi connectivity index (χ1v) is 7.23. The fourth-order valence-electron chi connectivity index (χ4n) is 2.27. The lowest BCUT2D eigenvalue weighted by Gasteiger charge is -2.14. The SMILES string of the molecule is COc1ccccc1/C=C1/C(=O)NN(c2ccc(Cl)cc2)C1=O. The van der Waals surface area contributed by atoms with E-state index in [4.69, 9.17) is 16.3 Å². The van der Waals surface area contributed by atoms with Crippen LogP contribution in [0.1, 0.15) is 5.56 Å². The summed E-state index contributed by atoms with van der Waals surface area (Å²) >= 11 is 5.84. The molecule has 2 aromatic rings. The highest BCUT2D eigenvalue weighted by molar-refractivity contribution is 6.32. The topological polar surface area (TPSA) is 58.6 Å². The van der Waals surface area contributed by atoms with E-state index < -0.39 is 11.8 Å². The van der Waals surface area contributed by atoms with Gasteiger partial charge in [0.1, 0.15) is 11.3 Å². The van der Waals surface area contributed by atoms with Crippen LogP contribution in [0.3, 0.4) is 0 Å². The molecule has 2 amide bonds. The highest BCUT2D eigenvalue weighted by Gasteiger charge is 2.34. The number of nitrogens with one attached hydrogen (secondary N) is 1. The quantitative estimate of drug-likeness (QED) is 0.696. The van der Waals surface area contributed by atoms with Crippen LogP contribution in [0, 0.1) is 0 Å². The molecule has 5 nitrogen and oxygen atoms in total. The Bertz CT molecular complexity index is 800. The lowest BCUT2D eigenvalue weighted by molar-refractivity contribution is -0.117. The molecule has 0 atom stereocenters. The normalized spacial score (nSPS) is 15.9. The van der Waals surface area contributed by atoms with Crippen LogP contribution >= 0.6 is 11.6 Å². The molecular formula is C17H13ClN2O3. The largest absolute Gasteiger partial charge is 0.496 e. The Hall–Kier alpha value is -2.79. The molecule has 1 aliphatic heterocycles. The third-order valence-electron chi connectivity index (χ3n) is 3.42. The van der Waals surface area contributed by atoms with Crippen LogP contribution in [-0.4, -0.2) is 18.9 Å². The molecule has 1 heterocycles. The number of carbonyl (C=O) groups is 2. The molecule has 0 bridgehead atoms. The summed E-state index contributed by atoms with van der Waals surface area (Å²) in [4.78, 5) is 24.6. The van der Waals surface area contributed by atoms with Crippen molar-refractivity contribution in [2.75, 3.05) is 12.1 Å². The Morgan fingerprint density at radius 3 is 2.48 bits per heavy atom. The number of methoxy groups -OCH3 is 1. The van der Waals surface area contributed by atoms with E-state index >= 15 is 0 Å². The minimum absolute atomic E-state index is 0.0458. The van der Waals surface area contributed by atoms with Crippen molar-refractivity contribution in [3.8, 4) is 5.75 Å². The number of hydrogen-bond donors (Lipinski definition) is 1. The number of rotatable bonds is 3. The zero-order chi connectivity index (χ0) is 16.4. The molecule has 2 aromatic carbocycles. The molecule has 1 fully saturated rings. The number of hydrazine groups is 1. The Morgan fingerprint density at radius 1 is 1.09 bits per heavy atom. The predicted molar refractivity (Wildman–Crippen MR) is 88.1 cm³/mol. The van der Waals surface area contributed by atoms with Crippen molar-refractivity contribution in [2.24, 2.45) is 0 Å². The van der Waals surface area contributed by atoms with E-state index in [1.807, 2.05) is 12.1 Å². The molecule has 1 N–H and O–H groups in total. The monoisotopic (exact) mass is 328 g/mol. The lowest BCUT2D eigenvalue weighted by atomic mass is 10.1. The molecule has 0 aromatic heterocycles. The van der Waals surface area contributed by atoms with Crippen molar-refractivity contribution < 1.29 is 14.3 Å². The van der Waals surface area contributed by atoms with E-state index in [0.29, 0.717) is 22.0 Å². The average Bonchev–Trinajstić information content (AvgIpc) is 2.84. The standard InChI is InChI=1S/C17H13ClN2O3/c1-23-15-5-3-2-4-11(15)10-14-16(21)19-20(17(14)22)13-8-6-12(18)7-9-13/h2-10H,1H3,(H,19,21)/b14-10-. The number of halogens is 1. The fraction of sp³-hybridized carbons (Fsp3) is 0.0588. The number of anilines is 1. The van der Waals surface area contributed by atoms with Gasteiger partial charge < -0.3 is 4.74 Å². The fourth-order valence-corrected chi connectivity index (χ4v) is 2.40. The first kappa shape index (κ1) is 15.1. The average molecular weight is 329 g/mol. The second-order valence-electron chi connectivity index (χ2n) is 4.86. The number of para-hydroxylation sites is 1. The molecule has 0 unspecified atom stereocenters. The van der Waals surface area contributed by atoms with Crippen molar-refractivity contribution in [1.82, 2.24) is 5.43 Å². The van der Waals surface area contributed by atoms with Crippen LogP contribution in [0.5, 0.6) is 5.75 Å². The van der Waals surface area contributed by atoms with Crippen molar-refractivity contribution in [2.45, 2.75) is 0 Å². The summed E-state index contributed by atoms with van der Waals surface area (Å²) in [6.45, 7) is 0. The maximum Gasteiger partial charge on any atom is 0.282 e. The lowest BCUT2D eigenvalue weighted by Crippen LogP contribution is -2.35. The van der Waals surface area contributed by atoms with Gasteiger partial charge in [0.05, 0.1) is 12.8 Å². The summed E-state index contributed by atoms with van der Waals surface area (Å²) in [7, 11) is 1.54. The second kappa shape index (κ2) is 6.14. The highest BCUT2D eigenvalue weighted by atomic mass is 35.5. The zero-order valence-corrected chi connectivity index (χ0v) is 13.0. The molecule has 116 valence electrons. The van der Waals surface area contributed by atoms with E-state index in [1.165, 1.54) is 18.2 Å². The van der Waals surface area contributed by atoms with Gasteiger partial charge in [-0.15, -0.1) is 0 Å². The summed E-state index contributed by atoms with van der Waals surface area (Å²) in [6.07, 6.45) is 1.52. The van der Waals surface area contributed by atoms with Gasteiger partial charge in [-0.05, 0) is 36.4 Å². The van der Waals surface area contributed by atoms with Gasteiger partial charge in [0, 0.05) is 10.6 Å². The van der Waals surface area contributed by atoms with Crippen LogP contribution < -0.4 is 15.2 Å². The van der Waals surface area contributed by atoms with Crippen LogP contribution in [0.2, 0.25) is 5.02 Å². The van der Waals surface area contributed by atoms with Crippen molar-refractivity contribution in [1.29, 1.82) is 0 Å². The van der Waals surface area contributed by atoms with Crippen LogP contribution in [0.25, 0.3) is 6.08 Å². The molecule has 6 heteroatoms. The Kier molecular flexibility index (Phi) is 4.04. The smallest absolute Gasteiger partial charge is 0.282 e. The van der Waals surface area contributed by atoms with Gasteiger partial charge in [-0.1, -0.05) is 29.8 Å². The van der Waals surface area contributed by atoms with Gasteiger partial charge in [-0.3, -0.25) is 15.0 Å². The van der Waals surface area contributed by atoms with Crippen molar-refractivity contribution in [3.05, 3.63) is 64.7 Å². The second-order valence-corrected chi connectivity index (χ2v) is 5.29. The van der Waals surface area contributed by atoms with Gasteiger partial charge in [0.2, 0.25) is 0 Å². The van der Waals surface area contributed by atoms with Crippen molar-refractivity contribution in [3.63, 3.8) is 0 Å². The Balaban J connectivity index is 1.95. The summed E-state index contributed by atoms with van der Waals surface area (Å²) in [5.74, 6) is -0.301. The third-order valence-corrected chi connectivity index (χ3v) is 3.67. The molecule has 0 aliphatic carbocycles. The number of hydrogen-bond acceptors (Lipinski definition) is 3. The van der Waals surface area contributed by atoms with E-state index in [0.717, 1.165) is 0 Å². The van der Waals surface area contributed by atoms with Gasteiger partial charge in [0.25, 0.3) is 11.8 Å². The minimum atomic E-state index is -0.462. The molecule has 0 saturated carbocycles. The van der Waals surface area contributed by atoms with Gasteiger partial charge >= 0.3 is 0 Å². The van der Waals surface area contributed by atoms with Crippen molar-refractivity contribution >= 4 is 35.2 Å². The maximum absolute atomic E-state index is 12.5. The minimum Gasteiger partial charge on any atom is -0.496 e. The summed E-state index contributed by atoms with van der Waals surface area (Å²) in [5.41, 5.74) is 3.78. The molecule has 0 spiro atoms. The number of carbonyl (C=O) groups excluding carboxylic acids is 2. The molecular weight excluding hydrogens is 316 g/mol. The highest BCUT2D eigenvalue weighted by Crippen LogP contribution is 2.25. The van der Waals surface area contributed by atoms with Crippen LogP contribution in [0.4, 0.5) is 5.69 Å². The van der Waals surface area contributed by atoms with Gasteiger partial charge in [0.15, 0.2) is 0 Å². The first-order chi connectivity index (χ1) is 11.1. The molecule has 23 heavy (non-hydrogen) atoms. The number of amides is 2. The van der Waals surface area contributed by atoms with E-state index in [9.17, 15) is 9.59 Å². The van der Waals surface area contributed by atoms with Crippen LogP contribution in [-0.2, 0) is 9.59 Å². The molecule has 3 rings (SSSR count). The molecule has 1 aliphatic rings. The Labute approximate surface area is 138 Å². The van der Waals surface area contributed by atoms with E-state index in [2.05, 4.69) is 5.43 Å².